The Labute approximate surface area is 189 Å². The fourth-order valence-corrected chi connectivity index (χ4v) is 3.75. The monoisotopic (exact) mass is 456 g/mol. The number of aromatic nitrogens is 2. The van der Waals surface area contributed by atoms with Crippen LogP contribution < -0.4 is 9.47 Å². The zero-order valence-corrected chi connectivity index (χ0v) is 18.7. The minimum absolute atomic E-state index is 0.136. The number of ketones is 1. The van der Waals surface area contributed by atoms with E-state index in [2.05, 4.69) is 9.97 Å². The van der Waals surface area contributed by atoms with E-state index in [1.54, 1.807) is 20.0 Å². The second-order valence-corrected chi connectivity index (χ2v) is 8.03. The summed E-state index contributed by atoms with van der Waals surface area (Å²) in [5.41, 5.74) is -0.148. The van der Waals surface area contributed by atoms with Crippen molar-refractivity contribution in [2.24, 2.45) is 5.92 Å². The molecule has 1 aromatic carbocycles. The van der Waals surface area contributed by atoms with E-state index in [1.807, 2.05) is 35.7 Å². The summed E-state index contributed by atoms with van der Waals surface area (Å²) in [5, 5.41) is 12.6. The number of carbonyl (C=O) groups is 2. The standard InChI is InChI=1S/C23H24N2O6S/c1-14(13-17(26)19-20(27)18(29-3)9-10-24-19)23(28)30-15(2)21(22-25-11-12-32-22)31-16-7-5-4-6-8-16/h4-12,14-15,21,27H,13H2,1-3H3/t14-,15+,21+/m1/s1. The maximum Gasteiger partial charge on any atom is 0.309 e. The van der Waals surface area contributed by atoms with Crippen LogP contribution in [0.25, 0.3) is 0 Å². The van der Waals surface area contributed by atoms with E-state index in [-0.39, 0.29) is 23.6 Å². The minimum atomic E-state index is -0.758. The van der Waals surface area contributed by atoms with Gasteiger partial charge in [-0.1, -0.05) is 25.1 Å². The van der Waals surface area contributed by atoms with Crippen LogP contribution in [-0.2, 0) is 9.53 Å². The van der Waals surface area contributed by atoms with Gasteiger partial charge in [0, 0.05) is 30.3 Å². The van der Waals surface area contributed by atoms with Gasteiger partial charge in [-0.2, -0.15) is 0 Å². The van der Waals surface area contributed by atoms with Crippen molar-refractivity contribution in [2.45, 2.75) is 32.5 Å². The highest BCUT2D eigenvalue weighted by atomic mass is 32.1. The smallest absolute Gasteiger partial charge is 0.309 e. The molecule has 0 fully saturated rings. The molecule has 32 heavy (non-hydrogen) atoms. The van der Waals surface area contributed by atoms with Gasteiger partial charge in [0.05, 0.1) is 13.0 Å². The molecule has 2 heterocycles. The van der Waals surface area contributed by atoms with Crippen LogP contribution >= 0.6 is 11.3 Å². The van der Waals surface area contributed by atoms with Crippen molar-refractivity contribution in [3.05, 3.63) is 64.9 Å². The summed E-state index contributed by atoms with van der Waals surface area (Å²) in [7, 11) is 1.38. The highest BCUT2D eigenvalue weighted by molar-refractivity contribution is 7.09. The highest BCUT2D eigenvalue weighted by Crippen LogP contribution is 2.30. The molecule has 3 rings (SSSR count). The number of rotatable bonds is 10. The number of hydrogen-bond donors (Lipinski definition) is 1. The largest absolute Gasteiger partial charge is 0.503 e. The third-order valence-corrected chi connectivity index (χ3v) is 5.53. The van der Waals surface area contributed by atoms with Crippen LogP contribution in [0.1, 0.15) is 41.9 Å². The maximum atomic E-state index is 12.7. The first-order chi connectivity index (χ1) is 15.4. The lowest BCUT2D eigenvalue weighted by Gasteiger charge is -2.24. The van der Waals surface area contributed by atoms with Crippen LogP contribution in [0.3, 0.4) is 0 Å². The predicted octanol–water partition coefficient (Wildman–Crippen LogP) is 4.21. The van der Waals surface area contributed by atoms with E-state index in [4.69, 9.17) is 14.2 Å². The van der Waals surface area contributed by atoms with Crippen LogP contribution in [0, 0.1) is 5.92 Å². The molecule has 0 amide bonds. The number of methoxy groups -OCH3 is 1. The van der Waals surface area contributed by atoms with Crippen molar-refractivity contribution in [1.29, 1.82) is 0 Å². The number of nitrogens with zero attached hydrogens (tertiary/aromatic N) is 2. The molecule has 1 N–H and O–H groups in total. The molecular weight excluding hydrogens is 432 g/mol. The van der Waals surface area contributed by atoms with Crippen molar-refractivity contribution < 1.29 is 28.9 Å². The number of carbonyl (C=O) groups excluding carboxylic acids is 2. The lowest BCUT2D eigenvalue weighted by molar-refractivity contribution is -0.157. The number of aromatic hydroxyl groups is 1. The van der Waals surface area contributed by atoms with Gasteiger partial charge in [-0.25, -0.2) is 9.97 Å². The number of thiazole rings is 1. The third-order valence-electron chi connectivity index (χ3n) is 4.69. The van der Waals surface area contributed by atoms with E-state index in [0.29, 0.717) is 10.8 Å². The van der Waals surface area contributed by atoms with Crippen LogP contribution in [0.15, 0.2) is 54.2 Å². The van der Waals surface area contributed by atoms with E-state index < -0.39 is 29.9 Å². The van der Waals surface area contributed by atoms with Crippen molar-refractivity contribution in [2.75, 3.05) is 7.11 Å². The zero-order valence-electron chi connectivity index (χ0n) is 17.9. The summed E-state index contributed by atoms with van der Waals surface area (Å²) < 4.78 is 16.7. The number of ether oxygens (including phenoxy) is 3. The Hall–Kier alpha value is -3.46. The first kappa shape index (κ1) is 23.2. The van der Waals surface area contributed by atoms with Crippen molar-refractivity contribution in [1.82, 2.24) is 9.97 Å². The first-order valence-corrected chi connectivity index (χ1v) is 10.9. The van der Waals surface area contributed by atoms with Gasteiger partial charge in [0.1, 0.15) is 16.9 Å². The number of para-hydroxylation sites is 1. The second-order valence-electron chi connectivity index (χ2n) is 7.10. The topological polar surface area (TPSA) is 108 Å². The fraction of sp³-hybridized carbons (Fsp3) is 0.304. The summed E-state index contributed by atoms with van der Waals surface area (Å²) in [5.74, 6) is -1.41. The SMILES string of the molecule is COc1ccnc(C(=O)C[C@@H](C)C(=O)O[C@@H](C)[C@H](Oc2ccccc2)c2nccs2)c1O. The molecule has 0 unspecified atom stereocenters. The number of esters is 1. The minimum Gasteiger partial charge on any atom is -0.503 e. The van der Waals surface area contributed by atoms with Crippen molar-refractivity contribution >= 4 is 23.1 Å². The Morgan fingerprint density at radius 3 is 2.50 bits per heavy atom. The molecule has 0 aliphatic heterocycles. The van der Waals surface area contributed by atoms with Gasteiger partial charge in [-0.05, 0) is 19.1 Å². The molecule has 0 aliphatic rings. The van der Waals surface area contributed by atoms with Gasteiger partial charge < -0.3 is 19.3 Å². The molecule has 0 radical (unpaired) electrons. The number of pyridine rings is 1. The fourth-order valence-electron chi connectivity index (χ4n) is 2.99. The molecule has 2 aromatic heterocycles. The molecule has 0 spiro atoms. The number of Topliss-reactive ketones (excluding diaryl/α,β-unsaturated/α-hetero) is 1. The Morgan fingerprint density at radius 2 is 1.84 bits per heavy atom. The molecule has 8 nitrogen and oxygen atoms in total. The van der Waals surface area contributed by atoms with E-state index >= 15 is 0 Å². The van der Waals surface area contributed by atoms with Gasteiger partial charge in [0.15, 0.2) is 29.1 Å². The molecule has 0 bridgehead atoms. The Balaban J connectivity index is 1.67. The second kappa shape index (κ2) is 10.7. The van der Waals surface area contributed by atoms with E-state index in [1.165, 1.54) is 30.7 Å². The molecule has 3 atom stereocenters. The Kier molecular flexibility index (Phi) is 7.77. The first-order valence-electron chi connectivity index (χ1n) is 9.97. The van der Waals surface area contributed by atoms with Crippen LogP contribution in [0.5, 0.6) is 17.2 Å². The summed E-state index contributed by atoms with van der Waals surface area (Å²) in [4.78, 5) is 33.5. The third kappa shape index (κ3) is 5.61. The molecular formula is C23H24N2O6S. The van der Waals surface area contributed by atoms with Gasteiger partial charge in [-0.3, -0.25) is 9.59 Å². The zero-order chi connectivity index (χ0) is 23.1. The lowest BCUT2D eigenvalue weighted by atomic mass is 10.0. The quantitative estimate of drug-likeness (QED) is 0.357. The normalized spacial score (nSPS) is 13.6. The van der Waals surface area contributed by atoms with E-state index in [9.17, 15) is 14.7 Å². The highest BCUT2D eigenvalue weighted by Gasteiger charge is 2.30. The molecule has 168 valence electrons. The predicted molar refractivity (Wildman–Crippen MR) is 118 cm³/mol. The van der Waals surface area contributed by atoms with Gasteiger partial charge >= 0.3 is 5.97 Å². The van der Waals surface area contributed by atoms with Crippen molar-refractivity contribution in [3.8, 4) is 17.2 Å². The Bertz CT molecular complexity index is 1040. The summed E-state index contributed by atoms with van der Waals surface area (Å²) in [6.07, 6.45) is 1.57. The van der Waals surface area contributed by atoms with Crippen LogP contribution in [0.2, 0.25) is 0 Å². The summed E-state index contributed by atoms with van der Waals surface area (Å²) in [6.45, 7) is 3.30. The van der Waals surface area contributed by atoms with Crippen LogP contribution in [0.4, 0.5) is 0 Å². The number of hydrogen-bond acceptors (Lipinski definition) is 9. The lowest BCUT2D eigenvalue weighted by Crippen LogP contribution is -2.29. The summed E-state index contributed by atoms with van der Waals surface area (Å²) >= 11 is 1.40. The molecule has 9 heteroatoms. The molecule has 0 saturated heterocycles. The number of benzene rings is 1. The van der Waals surface area contributed by atoms with Gasteiger partial charge in [0.25, 0.3) is 0 Å². The van der Waals surface area contributed by atoms with E-state index in [0.717, 1.165) is 0 Å². The maximum absolute atomic E-state index is 12.7. The molecule has 0 aliphatic carbocycles. The average molecular weight is 457 g/mol. The van der Waals surface area contributed by atoms with Crippen LogP contribution in [-0.4, -0.2) is 40.0 Å². The summed E-state index contributed by atoms with van der Waals surface area (Å²) in [6, 6.07) is 10.6. The molecule has 0 saturated carbocycles. The van der Waals surface area contributed by atoms with Crippen molar-refractivity contribution in [3.63, 3.8) is 0 Å². The van der Waals surface area contributed by atoms with Gasteiger partial charge in [-0.15, -0.1) is 11.3 Å². The average Bonchev–Trinajstić information content (AvgIpc) is 3.32. The Morgan fingerprint density at radius 1 is 1.09 bits per heavy atom. The van der Waals surface area contributed by atoms with Gasteiger partial charge in [0.2, 0.25) is 0 Å². The molecule has 3 aromatic rings.